The Morgan fingerprint density at radius 2 is 1.70 bits per heavy atom. The van der Waals surface area contributed by atoms with Crippen LogP contribution >= 0.6 is 35.0 Å². The summed E-state index contributed by atoms with van der Waals surface area (Å²) in [5.41, 5.74) is 6.64. The fraction of sp³-hybridized carbons (Fsp3) is 0.200. The molecule has 1 unspecified atom stereocenters. The monoisotopic (exact) mass is 329 g/mol. The standard InChI is InChI=1S/C15H14Cl2FNS/c16-11-3-5-14(6-4-11)20-9-13(19)7-10-1-2-12(17)8-15(10)18/h1-6,8,13H,7,9,19H2. The fourth-order valence-electron chi connectivity index (χ4n) is 1.76. The number of hydrogen-bond donors (Lipinski definition) is 1. The second-order valence-corrected chi connectivity index (χ2v) is 6.43. The lowest BCUT2D eigenvalue weighted by atomic mass is 10.1. The van der Waals surface area contributed by atoms with Crippen LogP contribution in [0.15, 0.2) is 47.4 Å². The smallest absolute Gasteiger partial charge is 0.127 e. The minimum absolute atomic E-state index is 0.119. The summed E-state index contributed by atoms with van der Waals surface area (Å²) in [7, 11) is 0. The summed E-state index contributed by atoms with van der Waals surface area (Å²) in [6.07, 6.45) is 0.490. The van der Waals surface area contributed by atoms with Crippen molar-refractivity contribution in [1.82, 2.24) is 0 Å². The number of nitrogens with two attached hydrogens (primary N) is 1. The van der Waals surface area contributed by atoms with Crippen molar-refractivity contribution >= 4 is 35.0 Å². The molecule has 1 atom stereocenters. The van der Waals surface area contributed by atoms with Crippen molar-refractivity contribution in [3.63, 3.8) is 0 Å². The first kappa shape index (κ1) is 15.6. The average Bonchev–Trinajstić information content (AvgIpc) is 2.41. The van der Waals surface area contributed by atoms with Crippen LogP contribution in [-0.2, 0) is 6.42 Å². The maximum Gasteiger partial charge on any atom is 0.127 e. The van der Waals surface area contributed by atoms with Crippen LogP contribution in [0.3, 0.4) is 0 Å². The van der Waals surface area contributed by atoms with E-state index >= 15 is 0 Å². The van der Waals surface area contributed by atoms with E-state index in [-0.39, 0.29) is 11.9 Å². The molecule has 0 aliphatic heterocycles. The number of rotatable bonds is 5. The van der Waals surface area contributed by atoms with E-state index < -0.39 is 0 Å². The second-order valence-electron chi connectivity index (χ2n) is 4.46. The molecule has 1 nitrogen and oxygen atoms in total. The van der Waals surface area contributed by atoms with Crippen molar-refractivity contribution in [1.29, 1.82) is 0 Å². The Labute approximate surface area is 132 Å². The maximum absolute atomic E-state index is 13.7. The molecule has 2 rings (SSSR count). The van der Waals surface area contributed by atoms with Crippen LogP contribution in [0.1, 0.15) is 5.56 Å². The molecule has 20 heavy (non-hydrogen) atoms. The molecule has 0 aliphatic rings. The molecule has 0 radical (unpaired) electrons. The molecule has 106 valence electrons. The van der Waals surface area contributed by atoms with Gasteiger partial charge >= 0.3 is 0 Å². The van der Waals surface area contributed by atoms with E-state index in [0.29, 0.717) is 27.8 Å². The number of halogens is 3. The highest BCUT2D eigenvalue weighted by Gasteiger charge is 2.09. The molecule has 0 heterocycles. The van der Waals surface area contributed by atoms with Gasteiger partial charge in [0.1, 0.15) is 5.82 Å². The average molecular weight is 330 g/mol. The fourth-order valence-corrected chi connectivity index (χ4v) is 2.90. The molecule has 0 saturated heterocycles. The summed E-state index contributed by atoms with van der Waals surface area (Å²) in [6.45, 7) is 0. The van der Waals surface area contributed by atoms with E-state index in [4.69, 9.17) is 28.9 Å². The van der Waals surface area contributed by atoms with Gasteiger partial charge in [-0.1, -0.05) is 29.3 Å². The second kappa shape index (κ2) is 7.32. The van der Waals surface area contributed by atoms with Crippen molar-refractivity contribution in [3.05, 3.63) is 63.9 Å². The normalized spacial score (nSPS) is 12.4. The number of hydrogen-bond acceptors (Lipinski definition) is 2. The zero-order chi connectivity index (χ0) is 14.5. The Morgan fingerprint density at radius 3 is 2.35 bits per heavy atom. The molecule has 0 amide bonds. The van der Waals surface area contributed by atoms with E-state index in [1.807, 2.05) is 24.3 Å². The molecular weight excluding hydrogens is 316 g/mol. The third kappa shape index (κ3) is 4.67. The highest BCUT2D eigenvalue weighted by atomic mass is 35.5. The van der Waals surface area contributed by atoms with Gasteiger partial charge in [-0.3, -0.25) is 0 Å². The largest absolute Gasteiger partial charge is 0.327 e. The van der Waals surface area contributed by atoms with Crippen LogP contribution in [0.4, 0.5) is 4.39 Å². The van der Waals surface area contributed by atoms with Crippen molar-refractivity contribution in [2.45, 2.75) is 17.4 Å². The molecule has 5 heteroatoms. The first-order valence-electron chi connectivity index (χ1n) is 6.12. The predicted molar refractivity (Wildman–Crippen MR) is 85.3 cm³/mol. The molecule has 0 aromatic heterocycles. The van der Waals surface area contributed by atoms with Crippen LogP contribution < -0.4 is 5.73 Å². The molecular formula is C15H14Cl2FNS. The van der Waals surface area contributed by atoms with Crippen LogP contribution in [-0.4, -0.2) is 11.8 Å². The summed E-state index contributed by atoms with van der Waals surface area (Å²) in [5.74, 6) is 0.411. The predicted octanol–water partition coefficient (Wildman–Crippen LogP) is 4.79. The molecule has 2 aromatic rings. The summed E-state index contributed by atoms with van der Waals surface area (Å²) < 4.78 is 13.7. The van der Waals surface area contributed by atoms with Crippen LogP contribution in [0.5, 0.6) is 0 Å². The van der Waals surface area contributed by atoms with E-state index in [1.54, 1.807) is 23.9 Å². The Bertz CT molecular complexity index is 575. The molecule has 0 fully saturated rings. The van der Waals surface area contributed by atoms with Gasteiger partial charge in [0.2, 0.25) is 0 Å². The van der Waals surface area contributed by atoms with E-state index in [2.05, 4.69) is 0 Å². The van der Waals surface area contributed by atoms with Gasteiger partial charge in [0, 0.05) is 26.7 Å². The van der Waals surface area contributed by atoms with Gasteiger partial charge in [0.15, 0.2) is 0 Å². The molecule has 2 N–H and O–H groups in total. The van der Waals surface area contributed by atoms with Gasteiger partial charge in [-0.05, 0) is 48.4 Å². The minimum Gasteiger partial charge on any atom is -0.327 e. The summed E-state index contributed by atoms with van der Waals surface area (Å²) in [5, 5.41) is 1.11. The Kier molecular flexibility index (Phi) is 5.73. The van der Waals surface area contributed by atoms with Crippen molar-refractivity contribution in [2.24, 2.45) is 5.73 Å². The lowest BCUT2D eigenvalue weighted by molar-refractivity contribution is 0.597. The van der Waals surface area contributed by atoms with E-state index in [9.17, 15) is 4.39 Å². The van der Waals surface area contributed by atoms with Crippen molar-refractivity contribution in [2.75, 3.05) is 5.75 Å². The molecule has 2 aromatic carbocycles. The third-order valence-corrected chi connectivity index (χ3v) is 4.46. The van der Waals surface area contributed by atoms with Gasteiger partial charge < -0.3 is 5.73 Å². The van der Waals surface area contributed by atoms with E-state index in [1.165, 1.54) is 6.07 Å². The summed E-state index contributed by atoms with van der Waals surface area (Å²) >= 11 is 13.2. The quantitative estimate of drug-likeness (QED) is 0.798. The third-order valence-electron chi connectivity index (χ3n) is 2.77. The number of benzene rings is 2. The van der Waals surface area contributed by atoms with Crippen molar-refractivity contribution in [3.8, 4) is 0 Å². The zero-order valence-corrected chi connectivity index (χ0v) is 13.0. The van der Waals surface area contributed by atoms with Crippen LogP contribution in [0.2, 0.25) is 10.0 Å². The van der Waals surface area contributed by atoms with Gasteiger partial charge in [-0.15, -0.1) is 11.8 Å². The lowest BCUT2D eigenvalue weighted by Gasteiger charge is -2.12. The van der Waals surface area contributed by atoms with Crippen LogP contribution in [0.25, 0.3) is 0 Å². The van der Waals surface area contributed by atoms with E-state index in [0.717, 1.165) is 4.90 Å². The van der Waals surface area contributed by atoms with Gasteiger partial charge in [-0.2, -0.15) is 0 Å². The minimum atomic E-state index is -0.301. The van der Waals surface area contributed by atoms with Crippen LogP contribution in [0, 0.1) is 5.82 Å². The van der Waals surface area contributed by atoms with Gasteiger partial charge in [0.25, 0.3) is 0 Å². The number of thioether (sulfide) groups is 1. The Morgan fingerprint density at radius 1 is 1.05 bits per heavy atom. The summed E-state index contributed by atoms with van der Waals surface area (Å²) in [6, 6.07) is 12.1. The first-order valence-corrected chi connectivity index (χ1v) is 7.86. The molecule has 0 aliphatic carbocycles. The van der Waals surface area contributed by atoms with Gasteiger partial charge in [0.05, 0.1) is 0 Å². The Hall–Kier alpha value is -0.740. The lowest BCUT2D eigenvalue weighted by Crippen LogP contribution is -2.26. The summed E-state index contributed by atoms with van der Waals surface area (Å²) in [4.78, 5) is 1.10. The highest BCUT2D eigenvalue weighted by molar-refractivity contribution is 7.99. The first-order chi connectivity index (χ1) is 9.54. The zero-order valence-electron chi connectivity index (χ0n) is 10.7. The highest BCUT2D eigenvalue weighted by Crippen LogP contribution is 2.22. The SMILES string of the molecule is NC(CSc1ccc(Cl)cc1)Cc1ccc(Cl)cc1F. The van der Waals surface area contributed by atoms with Crippen molar-refractivity contribution < 1.29 is 4.39 Å². The molecule has 0 saturated carbocycles. The molecule has 0 bridgehead atoms. The maximum atomic E-state index is 13.7. The van der Waals surface area contributed by atoms with Gasteiger partial charge in [-0.25, -0.2) is 4.39 Å². The Balaban J connectivity index is 1.89. The molecule has 0 spiro atoms. The topological polar surface area (TPSA) is 26.0 Å².